The van der Waals surface area contributed by atoms with Gasteiger partial charge in [0, 0.05) is 38.0 Å². The number of carbonyl (C=O) groups is 1. The van der Waals surface area contributed by atoms with Gasteiger partial charge in [0.15, 0.2) is 5.65 Å². The van der Waals surface area contributed by atoms with E-state index in [0.717, 1.165) is 18.4 Å². The number of H-pyrrole nitrogens is 1. The summed E-state index contributed by atoms with van der Waals surface area (Å²) in [6.07, 6.45) is 4.51. The molecular weight excluding hydrogens is 388 g/mol. The lowest BCUT2D eigenvalue weighted by Gasteiger charge is -2.33. The highest BCUT2D eigenvalue weighted by Crippen LogP contribution is 2.27. The number of aromatic amines is 1. The molecule has 9 heteroatoms. The molecule has 2 saturated heterocycles. The average Bonchev–Trinajstić information content (AvgIpc) is 3.03. The molecule has 0 atom stereocenters. The SMILES string of the molecule is CC(C)(C)OC(=O)N1CCC(n2c(=O)[nH]c3ncc(OC4CCOCC4)cc32)CC1. The molecular formula is C21H30N4O5. The molecule has 9 nitrogen and oxygen atoms in total. The third kappa shape index (κ3) is 4.61. The van der Waals surface area contributed by atoms with E-state index >= 15 is 0 Å². The lowest BCUT2D eigenvalue weighted by atomic mass is 10.1. The molecule has 0 saturated carbocycles. The molecule has 4 rings (SSSR count). The topological polar surface area (TPSA) is 98.7 Å². The Morgan fingerprint density at radius 3 is 2.57 bits per heavy atom. The number of ether oxygens (including phenoxy) is 3. The Kier molecular flexibility index (Phi) is 5.73. The van der Waals surface area contributed by atoms with Crippen molar-refractivity contribution < 1.29 is 19.0 Å². The van der Waals surface area contributed by atoms with Crippen molar-refractivity contribution in [1.82, 2.24) is 19.4 Å². The Hall–Kier alpha value is -2.55. The Bertz CT molecular complexity index is 946. The third-order valence-electron chi connectivity index (χ3n) is 5.50. The molecule has 0 radical (unpaired) electrons. The maximum Gasteiger partial charge on any atom is 0.410 e. The van der Waals surface area contributed by atoms with Crippen LogP contribution in [0.2, 0.25) is 0 Å². The van der Waals surface area contributed by atoms with E-state index < -0.39 is 5.60 Å². The van der Waals surface area contributed by atoms with E-state index in [1.54, 1.807) is 15.7 Å². The highest BCUT2D eigenvalue weighted by atomic mass is 16.6. The number of aromatic nitrogens is 3. The first-order valence-electron chi connectivity index (χ1n) is 10.6. The predicted octanol–water partition coefficient (Wildman–Crippen LogP) is 2.85. The number of piperidine rings is 1. The summed E-state index contributed by atoms with van der Waals surface area (Å²) in [5.41, 5.74) is 0.583. The Morgan fingerprint density at radius 1 is 1.20 bits per heavy atom. The Balaban J connectivity index is 1.48. The molecule has 1 N–H and O–H groups in total. The smallest absolute Gasteiger partial charge is 0.410 e. The molecule has 1 amide bonds. The summed E-state index contributed by atoms with van der Waals surface area (Å²) in [5, 5.41) is 0. The van der Waals surface area contributed by atoms with Crippen molar-refractivity contribution in [2.45, 2.75) is 64.2 Å². The van der Waals surface area contributed by atoms with Gasteiger partial charge in [-0.15, -0.1) is 0 Å². The van der Waals surface area contributed by atoms with Crippen LogP contribution in [0.25, 0.3) is 11.2 Å². The van der Waals surface area contributed by atoms with Crippen LogP contribution in [0, 0.1) is 0 Å². The number of hydrogen-bond donors (Lipinski definition) is 1. The standard InChI is InChI=1S/C21H30N4O5/c1-21(2,3)30-20(27)24-8-4-14(5-9-24)25-17-12-16(13-22-18(17)23-19(25)26)29-15-6-10-28-11-7-15/h12-15H,4-11H2,1-3H3,(H,22,23,26). The van der Waals surface area contributed by atoms with Gasteiger partial charge in [-0.1, -0.05) is 0 Å². The normalized spacial score (nSPS) is 19.2. The first kappa shape index (κ1) is 20.7. The molecule has 0 aromatic carbocycles. The number of nitrogens with zero attached hydrogens (tertiary/aromatic N) is 3. The van der Waals surface area contributed by atoms with Crippen LogP contribution >= 0.6 is 0 Å². The minimum atomic E-state index is -0.520. The summed E-state index contributed by atoms with van der Waals surface area (Å²) in [6, 6.07) is 1.88. The van der Waals surface area contributed by atoms with E-state index in [4.69, 9.17) is 14.2 Å². The number of rotatable bonds is 3. The summed E-state index contributed by atoms with van der Waals surface area (Å²) < 4.78 is 18.7. The number of likely N-dealkylation sites (tertiary alicyclic amines) is 1. The van der Waals surface area contributed by atoms with Gasteiger partial charge in [-0.2, -0.15) is 0 Å². The van der Waals surface area contributed by atoms with Crippen molar-refractivity contribution in [3.8, 4) is 5.75 Å². The zero-order chi connectivity index (χ0) is 21.3. The fourth-order valence-corrected chi connectivity index (χ4v) is 4.03. The second-order valence-corrected chi connectivity index (χ2v) is 8.97. The molecule has 2 aliphatic rings. The van der Waals surface area contributed by atoms with Crippen molar-refractivity contribution in [1.29, 1.82) is 0 Å². The monoisotopic (exact) mass is 418 g/mol. The summed E-state index contributed by atoms with van der Waals surface area (Å²) >= 11 is 0. The van der Waals surface area contributed by atoms with Crippen LogP contribution in [0.15, 0.2) is 17.1 Å². The molecule has 164 valence electrons. The van der Waals surface area contributed by atoms with E-state index in [0.29, 0.717) is 50.5 Å². The van der Waals surface area contributed by atoms with Crippen LogP contribution in [0.4, 0.5) is 4.79 Å². The Labute approximate surface area is 175 Å². The van der Waals surface area contributed by atoms with Gasteiger partial charge in [-0.3, -0.25) is 9.55 Å². The van der Waals surface area contributed by atoms with Crippen LogP contribution < -0.4 is 10.4 Å². The maximum atomic E-state index is 12.6. The summed E-state index contributed by atoms with van der Waals surface area (Å²) in [7, 11) is 0. The van der Waals surface area contributed by atoms with E-state index in [1.807, 2.05) is 26.8 Å². The second kappa shape index (κ2) is 8.29. The first-order chi connectivity index (χ1) is 14.3. The number of carbonyl (C=O) groups excluding carboxylic acids is 1. The van der Waals surface area contributed by atoms with Gasteiger partial charge >= 0.3 is 11.8 Å². The third-order valence-corrected chi connectivity index (χ3v) is 5.50. The number of pyridine rings is 1. The van der Waals surface area contributed by atoms with Crippen LogP contribution in [0.1, 0.15) is 52.5 Å². The van der Waals surface area contributed by atoms with E-state index in [-0.39, 0.29) is 23.9 Å². The quantitative estimate of drug-likeness (QED) is 0.823. The van der Waals surface area contributed by atoms with Gasteiger partial charge in [0.2, 0.25) is 0 Å². The van der Waals surface area contributed by atoms with E-state index in [2.05, 4.69) is 9.97 Å². The lowest BCUT2D eigenvalue weighted by Crippen LogP contribution is -2.43. The zero-order valence-electron chi connectivity index (χ0n) is 17.8. The van der Waals surface area contributed by atoms with E-state index in [1.165, 1.54) is 0 Å². The largest absolute Gasteiger partial charge is 0.489 e. The molecule has 30 heavy (non-hydrogen) atoms. The second-order valence-electron chi connectivity index (χ2n) is 8.97. The van der Waals surface area contributed by atoms with Crippen LogP contribution in [-0.2, 0) is 9.47 Å². The highest BCUT2D eigenvalue weighted by molar-refractivity contribution is 5.72. The zero-order valence-corrected chi connectivity index (χ0v) is 17.8. The fraction of sp³-hybridized carbons (Fsp3) is 0.667. The molecule has 0 spiro atoms. The molecule has 2 aromatic rings. The molecule has 0 bridgehead atoms. The maximum absolute atomic E-state index is 12.6. The van der Waals surface area contributed by atoms with Crippen molar-refractivity contribution in [3.05, 3.63) is 22.7 Å². The van der Waals surface area contributed by atoms with Crippen LogP contribution in [-0.4, -0.2) is 63.5 Å². The molecule has 2 aromatic heterocycles. The van der Waals surface area contributed by atoms with Crippen molar-refractivity contribution >= 4 is 17.3 Å². The number of imidazole rings is 1. The fourth-order valence-electron chi connectivity index (χ4n) is 4.03. The van der Waals surface area contributed by atoms with Gasteiger partial charge in [0.05, 0.1) is 24.9 Å². The van der Waals surface area contributed by atoms with Gasteiger partial charge in [-0.25, -0.2) is 14.6 Å². The molecule has 2 fully saturated rings. The average molecular weight is 418 g/mol. The number of hydrogen-bond acceptors (Lipinski definition) is 6. The molecule has 0 aliphatic carbocycles. The molecule has 0 unspecified atom stereocenters. The predicted molar refractivity (Wildman–Crippen MR) is 111 cm³/mol. The highest BCUT2D eigenvalue weighted by Gasteiger charge is 2.29. The number of fused-ring (bicyclic) bond motifs is 1. The van der Waals surface area contributed by atoms with E-state index in [9.17, 15) is 9.59 Å². The first-order valence-corrected chi connectivity index (χ1v) is 10.6. The summed E-state index contributed by atoms with van der Waals surface area (Å²) in [5.74, 6) is 0.661. The Morgan fingerprint density at radius 2 is 1.90 bits per heavy atom. The van der Waals surface area contributed by atoms with Gasteiger partial charge < -0.3 is 19.1 Å². The molecule has 4 heterocycles. The summed E-state index contributed by atoms with van der Waals surface area (Å²) in [4.78, 5) is 33.9. The van der Waals surface area contributed by atoms with Gasteiger partial charge in [0.25, 0.3) is 0 Å². The van der Waals surface area contributed by atoms with Crippen molar-refractivity contribution in [2.75, 3.05) is 26.3 Å². The van der Waals surface area contributed by atoms with Crippen LogP contribution in [0.3, 0.4) is 0 Å². The van der Waals surface area contributed by atoms with Gasteiger partial charge in [0.1, 0.15) is 17.5 Å². The lowest BCUT2D eigenvalue weighted by molar-refractivity contribution is 0.0189. The van der Waals surface area contributed by atoms with Crippen LogP contribution in [0.5, 0.6) is 5.75 Å². The van der Waals surface area contributed by atoms with Crippen molar-refractivity contribution in [2.24, 2.45) is 0 Å². The summed E-state index contributed by atoms with van der Waals surface area (Å²) in [6.45, 7) is 8.06. The van der Waals surface area contributed by atoms with Crippen molar-refractivity contribution in [3.63, 3.8) is 0 Å². The molecule has 2 aliphatic heterocycles. The minimum Gasteiger partial charge on any atom is -0.489 e. The number of nitrogens with one attached hydrogen (secondary N) is 1. The minimum absolute atomic E-state index is 0.00920. The van der Waals surface area contributed by atoms with Gasteiger partial charge in [-0.05, 0) is 33.6 Å². The number of amides is 1.